The van der Waals surface area contributed by atoms with Gasteiger partial charge < -0.3 is 21.1 Å². The minimum absolute atomic E-state index is 0.00525. The van der Waals surface area contributed by atoms with E-state index in [1.165, 1.54) is 49.4 Å². The second-order valence-electron chi connectivity index (χ2n) is 16.0. The van der Waals surface area contributed by atoms with Crippen molar-refractivity contribution in [3.63, 3.8) is 0 Å². The van der Waals surface area contributed by atoms with Crippen LogP contribution in [0.25, 0.3) is 11.1 Å². The molecule has 16 heteroatoms. The summed E-state index contributed by atoms with van der Waals surface area (Å²) in [7, 11) is -9.01. The van der Waals surface area contributed by atoms with E-state index in [0.717, 1.165) is 28.3 Å². The summed E-state index contributed by atoms with van der Waals surface area (Å²) in [6.07, 6.45) is -0.478. The number of nitrogen functional groups attached to an aromatic ring is 1. The Balaban J connectivity index is 0.962. The summed E-state index contributed by atoms with van der Waals surface area (Å²) in [6.45, 7) is 5.19. The van der Waals surface area contributed by atoms with E-state index in [0.29, 0.717) is 0 Å². The van der Waals surface area contributed by atoms with Crippen LogP contribution in [0.4, 0.5) is 17.1 Å². The number of sulfone groups is 1. The molecule has 2 unspecified atom stereocenters. The minimum atomic E-state index is -4.99. The van der Waals surface area contributed by atoms with Crippen LogP contribution in [0.5, 0.6) is 0 Å². The molecule has 63 heavy (non-hydrogen) atoms. The van der Waals surface area contributed by atoms with Crippen LogP contribution >= 0.6 is 0 Å². The maximum atomic E-state index is 13.7. The van der Waals surface area contributed by atoms with Gasteiger partial charge in [0.05, 0.1) is 51.5 Å². The van der Waals surface area contributed by atoms with Crippen LogP contribution in [0.3, 0.4) is 0 Å². The largest absolute Gasteiger partial charge is 0.465 e. The fourth-order valence-electron chi connectivity index (χ4n) is 8.19. The van der Waals surface area contributed by atoms with Crippen molar-refractivity contribution in [3.8, 4) is 11.1 Å². The topological polar surface area (TPSA) is 233 Å². The molecule has 2 aliphatic rings. The number of carbonyl (C=O) groups is 5. The van der Waals surface area contributed by atoms with Gasteiger partial charge in [-0.2, -0.15) is 8.42 Å². The van der Waals surface area contributed by atoms with Crippen LogP contribution in [0.1, 0.15) is 88.9 Å². The van der Waals surface area contributed by atoms with Gasteiger partial charge in [0.1, 0.15) is 11.5 Å². The number of carbonyl (C=O) groups excluding carboxylic acids is 5. The number of amides is 1. The molecule has 0 heterocycles. The van der Waals surface area contributed by atoms with Crippen molar-refractivity contribution >= 4 is 66.2 Å². The molecule has 0 fully saturated rings. The molecule has 0 spiro atoms. The Morgan fingerprint density at radius 1 is 0.762 bits per heavy atom. The Bertz CT molecular complexity index is 2880. The van der Waals surface area contributed by atoms with Gasteiger partial charge in [0.2, 0.25) is 5.91 Å². The average molecular weight is 892 g/mol. The van der Waals surface area contributed by atoms with Crippen LogP contribution in [0, 0.1) is 11.8 Å². The summed E-state index contributed by atoms with van der Waals surface area (Å²) in [5, 5.41) is 5.53. The molecule has 0 radical (unpaired) electrons. The monoisotopic (exact) mass is 891 g/mol. The first-order chi connectivity index (χ1) is 29.9. The molecular weight excluding hydrogens is 847 g/mol. The van der Waals surface area contributed by atoms with Crippen molar-refractivity contribution < 1.29 is 50.1 Å². The van der Waals surface area contributed by atoms with Crippen LogP contribution in [0.15, 0.2) is 113 Å². The molecule has 7 rings (SSSR count). The molecule has 0 aromatic heterocycles. The highest BCUT2D eigenvalue weighted by molar-refractivity contribution is 7.91. The van der Waals surface area contributed by atoms with Gasteiger partial charge in [-0.1, -0.05) is 92.7 Å². The van der Waals surface area contributed by atoms with E-state index in [4.69, 9.17) is 10.5 Å². The molecule has 5 aromatic rings. The van der Waals surface area contributed by atoms with Crippen LogP contribution in [0.2, 0.25) is 0 Å². The molecule has 2 aliphatic carbocycles. The summed E-state index contributed by atoms with van der Waals surface area (Å²) in [5.41, 5.74) is 9.00. The summed E-state index contributed by atoms with van der Waals surface area (Å²) in [6, 6.07) is 27.2. The normalized spacial score (nSPS) is 14.2. The number of hydrogen-bond donors (Lipinski definition) is 4. The number of anilines is 3. The van der Waals surface area contributed by atoms with Gasteiger partial charge in [0.25, 0.3) is 10.1 Å². The molecule has 0 bridgehead atoms. The van der Waals surface area contributed by atoms with Gasteiger partial charge in [-0.15, -0.1) is 0 Å². The van der Waals surface area contributed by atoms with Gasteiger partial charge in [0.15, 0.2) is 27.2 Å². The first-order valence-corrected chi connectivity index (χ1v) is 23.4. The van der Waals surface area contributed by atoms with Crippen molar-refractivity contribution in [1.29, 1.82) is 0 Å². The van der Waals surface area contributed by atoms with E-state index >= 15 is 0 Å². The number of nitrogens with one attached hydrogen (secondary N) is 2. The summed E-state index contributed by atoms with van der Waals surface area (Å²) in [4.78, 5) is 65.9. The van der Waals surface area contributed by atoms with Gasteiger partial charge in [0, 0.05) is 29.2 Å². The quantitative estimate of drug-likeness (QED) is 0.0452. The Morgan fingerprint density at radius 3 is 1.92 bits per heavy atom. The van der Waals surface area contributed by atoms with E-state index in [1.807, 2.05) is 48.5 Å². The van der Waals surface area contributed by atoms with E-state index < -0.39 is 83.0 Å². The van der Waals surface area contributed by atoms with Gasteiger partial charge >= 0.3 is 5.97 Å². The predicted molar refractivity (Wildman–Crippen MR) is 235 cm³/mol. The lowest BCUT2D eigenvalue weighted by molar-refractivity contribution is -0.148. The molecule has 0 aliphatic heterocycles. The first-order valence-electron chi connectivity index (χ1n) is 20.3. The number of ether oxygens (including phenoxy) is 1. The number of fused-ring (bicyclic) bond motifs is 5. The number of ketones is 3. The van der Waals surface area contributed by atoms with Gasteiger partial charge in [-0.05, 0) is 65.8 Å². The lowest BCUT2D eigenvalue weighted by atomic mass is 9.82. The van der Waals surface area contributed by atoms with E-state index in [-0.39, 0.29) is 70.7 Å². The third kappa shape index (κ3) is 9.05. The molecule has 2 atom stereocenters. The Labute approximate surface area is 364 Å². The number of Topliss-reactive ketones (excluding diaryl/α,β-unsaturated/α-hetero) is 1. The number of benzene rings is 5. The maximum absolute atomic E-state index is 13.7. The summed E-state index contributed by atoms with van der Waals surface area (Å²) in [5.74, 6) is -4.49. The fraction of sp³-hybridized carbons (Fsp3) is 0.255. The van der Waals surface area contributed by atoms with Crippen LogP contribution < -0.4 is 16.4 Å². The molecule has 5 N–H and O–H groups in total. The van der Waals surface area contributed by atoms with Gasteiger partial charge in [-0.3, -0.25) is 28.5 Å². The standard InChI is InChI=1S/C47H45N3O11S2/c1-26(2)36(23-41(52)61-25-37-32-16-6-4-14-30(32)31-15-5-7-17-33(31)37)47(55)49-27(3)39(51)20-11-21-62(56,57)29-13-10-12-28(22-29)50-38-24-40(63(58,59)60)44(48)43-42(38)45(53)34-18-8-9-19-35(34)46(43)54/h4-10,12-19,22,24,26-27,36-37,50H,11,20-21,23,25,48H2,1-3H3,(H,49,55)(H,58,59,60). The molecule has 0 saturated heterocycles. The number of rotatable bonds is 16. The first kappa shape index (κ1) is 44.6. The summed E-state index contributed by atoms with van der Waals surface area (Å²) >= 11 is 0. The predicted octanol–water partition coefficient (Wildman–Crippen LogP) is 6.68. The van der Waals surface area contributed by atoms with Crippen LogP contribution in [-0.4, -0.2) is 69.0 Å². The second-order valence-corrected chi connectivity index (χ2v) is 19.5. The van der Waals surface area contributed by atoms with Crippen molar-refractivity contribution in [2.24, 2.45) is 11.8 Å². The average Bonchev–Trinajstić information content (AvgIpc) is 3.57. The fourth-order valence-corrected chi connectivity index (χ4v) is 10.2. The number of nitrogens with two attached hydrogens (primary N) is 1. The van der Waals surface area contributed by atoms with Crippen molar-refractivity contribution in [1.82, 2.24) is 5.32 Å². The lowest BCUT2D eigenvalue weighted by Crippen LogP contribution is -2.43. The smallest absolute Gasteiger partial charge is 0.306 e. The zero-order valence-electron chi connectivity index (χ0n) is 34.6. The van der Waals surface area contributed by atoms with E-state index in [9.17, 15) is 45.4 Å². The minimum Gasteiger partial charge on any atom is -0.465 e. The second kappa shape index (κ2) is 17.7. The summed E-state index contributed by atoms with van der Waals surface area (Å²) < 4.78 is 67.4. The van der Waals surface area contributed by atoms with Crippen molar-refractivity contribution in [2.75, 3.05) is 23.4 Å². The molecule has 0 saturated carbocycles. The Morgan fingerprint density at radius 2 is 1.33 bits per heavy atom. The number of esters is 1. The lowest BCUT2D eigenvalue weighted by Gasteiger charge is -2.23. The highest BCUT2D eigenvalue weighted by Crippen LogP contribution is 2.45. The highest BCUT2D eigenvalue weighted by Gasteiger charge is 2.37. The molecule has 326 valence electrons. The van der Waals surface area contributed by atoms with Gasteiger partial charge in [-0.25, -0.2) is 8.42 Å². The van der Waals surface area contributed by atoms with E-state index in [1.54, 1.807) is 19.9 Å². The molecular formula is C47H45N3O11S2. The Hall–Kier alpha value is -6.49. The third-order valence-electron chi connectivity index (χ3n) is 11.5. The van der Waals surface area contributed by atoms with E-state index in [2.05, 4.69) is 10.6 Å². The van der Waals surface area contributed by atoms with Crippen molar-refractivity contribution in [2.45, 2.75) is 61.8 Å². The van der Waals surface area contributed by atoms with Crippen molar-refractivity contribution in [3.05, 3.63) is 137 Å². The SMILES string of the molecule is CC(NC(=O)C(CC(=O)OCC1c2ccccc2-c2ccccc21)C(C)C)C(=O)CCCS(=O)(=O)c1cccc(Nc2cc(S(=O)(=O)O)c(N)c3c2C(=O)c2ccccc2C3=O)c1. The zero-order chi connectivity index (χ0) is 45.4. The maximum Gasteiger partial charge on any atom is 0.306 e. The van der Waals surface area contributed by atoms with Crippen LogP contribution in [-0.2, 0) is 39.1 Å². The Kier molecular flexibility index (Phi) is 12.5. The molecule has 5 aromatic carbocycles. The zero-order valence-corrected chi connectivity index (χ0v) is 36.2. The molecule has 1 amide bonds. The highest BCUT2D eigenvalue weighted by atomic mass is 32.2. The third-order valence-corrected chi connectivity index (χ3v) is 14.2. The molecule has 14 nitrogen and oxygen atoms in total. The number of hydrogen-bond acceptors (Lipinski definition) is 12.